The summed E-state index contributed by atoms with van der Waals surface area (Å²) >= 11 is 0. The summed E-state index contributed by atoms with van der Waals surface area (Å²) in [7, 11) is -3.28. The van der Waals surface area contributed by atoms with E-state index in [9.17, 15) is 18.9 Å². The molecular formula is C25H49N3O11P+. The van der Waals surface area contributed by atoms with Gasteiger partial charge in [0.1, 0.15) is 13.6 Å². The number of hydroxylamine groups is 3. The third kappa shape index (κ3) is 13.8. The van der Waals surface area contributed by atoms with Crippen LogP contribution in [0, 0.1) is 17.2 Å². The molecule has 0 aromatic rings. The van der Waals surface area contributed by atoms with Crippen molar-refractivity contribution < 1.29 is 56.4 Å². The molecule has 0 rings (SSSR count). The number of carbonyl (C=O) groups excluding carboxylic acids is 3. The monoisotopic (exact) mass is 598 g/mol. The zero-order valence-corrected chi connectivity index (χ0v) is 26.2. The lowest BCUT2D eigenvalue weighted by Gasteiger charge is -2.34. The number of hydrogen-bond donors (Lipinski definition) is 2. The van der Waals surface area contributed by atoms with Gasteiger partial charge in [-0.25, -0.2) is 29.4 Å². The number of hydrogen-bond acceptors (Lipinski definition) is 12. The van der Waals surface area contributed by atoms with Crippen LogP contribution in [0.15, 0.2) is 0 Å². The van der Waals surface area contributed by atoms with Crippen molar-refractivity contribution in [2.75, 3.05) is 26.8 Å². The Labute approximate surface area is 237 Å². The molecule has 0 saturated carbocycles. The third-order valence-corrected chi connectivity index (χ3v) is 7.13. The number of guanidine groups is 1. The molecule has 5 unspecified atom stereocenters. The van der Waals surface area contributed by atoms with Gasteiger partial charge in [-0.2, -0.15) is 0 Å². The average Bonchev–Trinajstić information content (AvgIpc) is 2.88. The normalized spacial score (nSPS) is 17.1. The maximum absolute atomic E-state index is 14.3. The molecule has 14 nitrogen and oxygen atoms in total. The van der Waals surface area contributed by atoms with Crippen LogP contribution in [0.25, 0.3) is 0 Å². The predicted molar refractivity (Wildman–Crippen MR) is 146 cm³/mol. The molecule has 0 aromatic heterocycles. The minimum absolute atomic E-state index is 0.0994. The molecule has 0 heterocycles. The van der Waals surface area contributed by atoms with E-state index in [0.717, 1.165) is 0 Å². The molecule has 0 radical (unpaired) electrons. The van der Waals surface area contributed by atoms with Crippen LogP contribution < -0.4 is 5.09 Å². The lowest BCUT2D eigenvalue weighted by atomic mass is 10.1. The van der Waals surface area contributed by atoms with Crippen molar-refractivity contribution in [3.63, 3.8) is 0 Å². The summed E-state index contributed by atoms with van der Waals surface area (Å²) in [6.07, 6.45) is -2.50. The fourth-order valence-corrected chi connectivity index (χ4v) is 4.67. The van der Waals surface area contributed by atoms with Crippen LogP contribution in [0.3, 0.4) is 0 Å². The van der Waals surface area contributed by atoms with Crippen LogP contribution in [0.1, 0.15) is 87.5 Å². The summed E-state index contributed by atoms with van der Waals surface area (Å²) in [5.41, 5.74) is 0. The second-order valence-corrected chi connectivity index (χ2v) is 11.2. The van der Waals surface area contributed by atoms with E-state index >= 15 is 0 Å². The highest BCUT2D eigenvalue weighted by Gasteiger charge is 2.45. The Balaban J connectivity index is 6.46. The number of nitrogens with zero attached hydrogens (tertiary/aromatic N) is 1. The van der Waals surface area contributed by atoms with E-state index in [-0.39, 0.29) is 19.8 Å². The Hall–Kier alpha value is -2.41. The van der Waals surface area contributed by atoms with E-state index in [4.69, 9.17) is 38.2 Å². The van der Waals surface area contributed by atoms with Crippen LogP contribution in [0.4, 0.5) is 9.59 Å². The molecule has 0 spiro atoms. The van der Waals surface area contributed by atoms with Crippen LogP contribution in [-0.2, 0) is 42.2 Å². The molecular weight excluding hydrogens is 549 g/mol. The number of quaternary nitrogens is 1. The largest absolute Gasteiger partial charge is 0.510 e. The second-order valence-electron chi connectivity index (χ2n) is 9.52. The van der Waals surface area contributed by atoms with Crippen molar-refractivity contribution >= 4 is 32.0 Å². The maximum atomic E-state index is 14.3. The lowest BCUT2D eigenvalue weighted by Crippen LogP contribution is -2.55. The van der Waals surface area contributed by atoms with Crippen molar-refractivity contribution in [2.45, 2.75) is 100 Å². The molecule has 0 saturated heterocycles. The van der Waals surface area contributed by atoms with Gasteiger partial charge in [-0.3, -0.25) is 13.9 Å². The van der Waals surface area contributed by atoms with Gasteiger partial charge in [0.25, 0.3) is 0 Å². The first-order valence-electron chi connectivity index (χ1n) is 13.8. The first-order valence-corrected chi connectivity index (χ1v) is 15.3. The van der Waals surface area contributed by atoms with Crippen molar-refractivity contribution in [1.82, 2.24) is 5.09 Å². The van der Waals surface area contributed by atoms with Gasteiger partial charge in [-0.1, -0.05) is 53.1 Å². The SMILES string of the molecule is CCCOC(=O)OC(OP(=O)(NC(=N)[N+](C)(CCC)OC(C)=O)OC(OC(=O)OCCC)C(C)CC)C(C)CC. The molecule has 0 fully saturated rings. The van der Waals surface area contributed by atoms with Crippen molar-refractivity contribution in [3.05, 3.63) is 0 Å². The molecule has 0 aliphatic carbocycles. The van der Waals surface area contributed by atoms with Crippen molar-refractivity contribution in [1.29, 1.82) is 5.41 Å². The van der Waals surface area contributed by atoms with E-state index in [1.165, 1.54) is 14.0 Å². The molecule has 15 heteroatoms. The average molecular weight is 599 g/mol. The summed E-state index contributed by atoms with van der Waals surface area (Å²) in [5.74, 6) is -2.22. The summed E-state index contributed by atoms with van der Waals surface area (Å²) in [5, 5.41) is 11.0. The van der Waals surface area contributed by atoms with E-state index in [1.807, 2.05) is 20.8 Å². The molecule has 0 bridgehead atoms. The minimum Gasteiger partial charge on any atom is -0.434 e. The van der Waals surface area contributed by atoms with E-state index < -0.39 is 61.0 Å². The van der Waals surface area contributed by atoms with E-state index in [1.54, 1.807) is 27.7 Å². The fourth-order valence-electron chi connectivity index (χ4n) is 3.00. The third-order valence-electron chi connectivity index (χ3n) is 5.67. The number of ether oxygens (including phenoxy) is 4. The Morgan fingerprint density at radius 2 is 1.25 bits per heavy atom. The molecule has 0 aliphatic rings. The highest BCUT2D eigenvalue weighted by molar-refractivity contribution is 7.52. The zero-order chi connectivity index (χ0) is 30.9. The Kier molecular flexibility index (Phi) is 17.7. The van der Waals surface area contributed by atoms with Gasteiger partial charge < -0.3 is 18.9 Å². The summed E-state index contributed by atoms with van der Waals surface area (Å²) in [6, 6.07) is 0. The molecule has 234 valence electrons. The lowest BCUT2D eigenvalue weighted by molar-refractivity contribution is -1.00. The Morgan fingerprint density at radius 3 is 1.57 bits per heavy atom. The van der Waals surface area contributed by atoms with Gasteiger partial charge in [0.2, 0.25) is 12.6 Å². The summed E-state index contributed by atoms with van der Waals surface area (Å²) < 4.78 is 45.7. The van der Waals surface area contributed by atoms with Crippen molar-refractivity contribution in [3.8, 4) is 0 Å². The topological polar surface area (TPSA) is 169 Å². The second kappa shape index (κ2) is 18.8. The van der Waals surface area contributed by atoms with Crippen LogP contribution in [0.5, 0.6) is 0 Å². The molecule has 0 aliphatic heterocycles. The fraction of sp³-hybridized carbons (Fsp3) is 0.840. The number of rotatable bonds is 17. The quantitative estimate of drug-likeness (QED) is 0.0390. The smallest absolute Gasteiger partial charge is 0.434 e. The Bertz CT molecular complexity index is 818. The highest BCUT2D eigenvalue weighted by atomic mass is 31.2. The highest BCUT2D eigenvalue weighted by Crippen LogP contribution is 2.49. The van der Waals surface area contributed by atoms with Gasteiger partial charge in [-0.15, -0.1) is 0 Å². The molecule has 0 amide bonds. The van der Waals surface area contributed by atoms with Gasteiger partial charge in [0, 0.05) is 18.8 Å². The van der Waals surface area contributed by atoms with Crippen LogP contribution in [-0.4, -0.2) is 68.3 Å². The van der Waals surface area contributed by atoms with Crippen LogP contribution in [0.2, 0.25) is 0 Å². The van der Waals surface area contributed by atoms with Gasteiger partial charge in [-0.05, 0) is 32.1 Å². The van der Waals surface area contributed by atoms with Gasteiger partial charge >= 0.3 is 32.0 Å². The zero-order valence-electron chi connectivity index (χ0n) is 25.4. The summed E-state index contributed by atoms with van der Waals surface area (Å²) in [6.45, 7) is 13.9. The van der Waals surface area contributed by atoms with Gasteiger partial charge in [0.05, 0.1) is 13.2 Å². The predicted octanol–water partition coefficient (Wildman–Crippen LogP) is 5.86. The van der Waals surface area contributed by atoms with Gasteiger partial charge in [0.15, 0.2) is 0 Å². The van der Waals surface area contributed by atoms with Crippen molar-refractivity contribution in [2.24, 2.45) is 11.8 Å². The maximum Gasteiger partial charge on any atom is 0.510 e. The molecule has 5 atom stereocenters. The standard InChI is InChI=1S/C25H49N3O11P/c1-10-15-28(9,37-20(8)29)23(26)27-40(32,38-21(18(6)13-4)35-24(30)33-16-11-2)39-22(19(7)14-5)36-25(31)34-17-12-3/h18-19,21-22H,10-17H2,1-9H3,(H2,26,27,32)/q+1. The van der Waals surface area contributed by atoms with Crippen LogP contribution >= 0.6 is 7.75 Å². The van der Waals surface area contributed by atoms with E-state index in [0.29, 0.717) is 32.1 Å². The first-order chi connectivity index (χ1) is 18.7. The molecule has 0 aromatic carbocycles. The number of carbonyl (C=O) groups is 3. The summed E-state index contributed by atoms with van der Waals surface area (Å²) in [4.78, 5) is 41.6. The number of nitrogens with one attached hydrogen (secondary N) is 2. The minimum atomic E-state index is -4.70. The first kappa shape index (κ1) is 37.6. The van der Waals surface area contributed by atoms with E-state index in [2.05, 4.69) is 5.09 Å². The molecule has 40 heavy (non-hydrogen) atoms. The molecule has 2 N–H and O–H groups in total. The Morgan fingerprint density at radius 1 is 0.825 bits per heavy atom.